The third-order valence-electron chi connectivity index (χ3n) is 2.75. The minimum Gasteiger partial charge on any atom is -0.494 e. The molecule has 19 heavy (non-hydrogen) atoms. The predicted octanol–water partition coefficient (Wildman–Crippen LogP) is 2.97. The monoisotopic (exact) mass is 256 g/mol. The third-order valence-corrected chi connectivity index (χ3v) is 2.75. The average Bonchev–Trinajstić information content (AvgIpc) is 2.40. The molecule has 1 aromatic heterocycles. The van der Waals surface area contributed by atoms with E-state index in [1.54, 1.807) is 0 Å². The lowest BCUT2D eigenvalue weighted by Gasteiger charge is -2.09. The molecule has 0 fully saturated rings. The Labute approximate surface area is 112 Å². The van der Waals surface area contributed by atoms with Gasteiger partial charge in [0.15, 0.2) is 12.1 Å². The molecule has 4 heteroatoms. The summed E-state index contributed by atoms with van der Waals surface area (Å²) in [5, 5.41) is 0. The molecule has 0 spiro atoms. The van der Waals surface area contributed by atoms with Crippen LogP contribution < -0.4 is 4.74 Å². The summed E-state index contributed by atoms with van der Waals surface area (Å²) in [6.45, 7) is 6.43. The molecular formula is C15H16N2O2. The van der Waals surface area contributed by atoms with Gasteiger partial charge in [0.2, 0.25) is 0 Å². The van der Waals surface area contributed by atoms with Crippen molar-refractivity contribution >= 4 is 6.29 Å². The molecule has 4 nitrogen and oxygen atoms in total. The van der Waals surface area contributed by atoms with Crippen molar-refractivity contribution in [2.24, 2.45) is 0 Å². The van der Waals surface area contributed by atoms with Gasteiger partial charge in [0, 0.05) is 11.3 Å². The van der Waals surface area contributed by atoms with Crippen molar-refractivity contribution in [3.05, 3.63) is 41.3 Å². The summed E-state index contributed by atoms with van der Waals surface area (Å²) in [4.78, 5) is 19.1. The largest absolute Gasteiger partial charge is 0.494 e. The van der Waals surface area contributed by atoms with Gasteiger partial charge >= 0.3 is 0 Å². The zero-order valence-electron chi connectivity index (χ0n) is 11.3. The molecule has 98 valence electrons. The van der Waals surface area contributed by atoms with Crippen molar-refractivity contribution in [1.82, 2.24) is 9.97 Å². The second-order valence-electron chi connectivity index (χ2n) is 4.28. The summed E-state index contributed by atoms with van der Waals surface area (Å²) in [5.74, 6) is 1.08. The Morgan fingerprint density at radius 1 is 1.21 bits per heavy atom. The fourth-order valence-corrected chi connectivity index (χ4v) is 1.92. The molecule has 1 aromatic carbocycles. The number of aryl methyl sites for hydroxylation is 2. The summed E-state index contributed by atoms with van der Waals surface area (Å²) < 4.78 is 5.51. The highest BCUT2D eigenvalue weighted by molar-refractivity contribution is 5.71. The van der Waals surface area contributed by atoms with Gasteiger partial charge in [0.25, 0.3) is 0 Å². The number of aromatic nitrogens is 2. The molecule has 0 saturated heterocycles. The smallest absolute Gasteiger partial charge is 0.193 e. The zero-order valence-corrected chi connectivity index (χ0v) is 11.3. The molecule has 0 amide bonds. The van der Waals surface area contributed by atoms with Crippen LogP contribution in [0.2, 0.25) is 0 Å². The van der Waals surface area contributed by atoms with Crippen molar-refractivity contribution in [2.75, 3.05) is 6.61 Å². The van der Waals surface area contributed by atoms with Crippen LogP contribution in [0.15, 0.2) is 24.3 Å². The van der Waals surface area contributed by atoms with E-state index in [1.807, 2.05) is 45.0 Å². The summed E-state index contributed by atoms with van der Waals surface area (Å²) >= 11 is 0. The Morgan fingerprint density at radius 3 is 2.63 bits per heavy atom. The predicted molar refractivity (Wildman–Crippen MR) is 73.5 cm³/mol. The number of benzene rings is 1. The van der Waals surface area contributed by atoms with Gasteiger partial charge in [-0.05, 0) is 50.6 Å². The molecule has 2 aromatic rings. The fraction of sp³-hybridized carbons (Fsp3) is 0.267. The first-order chi connectivity index (χ1) is 9.13. The van der Waals surface area contributed by atoms with E-state index >= 15 is 0 Å². The van der Waals surface area contributed by atoms with E-state index in [9.17, 15) is 4.79 Å². The highest BCUT2D eigenvalue weighted by Gasteiger charge is 2.06. The van der Waals surface area contributed by atoms with E-state index in [2.05, 4.69) is 9.97 Å². The molecule has 0 aliphatic carbocycles. The van der Waals surface area contributed by atoms with Crippen LogP contribution in [0.3, 0.4) is 0 Å². The van der Waals surface area contributed by atoms with Gasteiger partial charge < -0.3 is 4.74 Å². The van der Waals surface area contributed by atoms with Gasteiger partial charge in [0.05, 0.1) is 12.3 Å². The Balaban J connectivity index is 2.44. The van der Waals surface area contributed by atoms with E-state index in [1.165, 1.54) is 0 Å². The minimum absolute atomic E-state index is 0.210. The van der Waals surface area contributed by atoms with Crippen molar-refractivity contribution in [3.8, 4) is 17.0 Å². The second kappa shape index (κ2) is 5.61. The summed E-state index contributed by atoms with van der Waals surface area (Å²) in [6.07, 6.45) is 0.665. The number of carbonyl (C=O) groups excluding carboxylic acids is 1. The maximum atomic E-state index is 10.8. The minimum atomic E-state index is 0.210. The lowest BCUT2D eigenvalue weighted by atomic mass is 10.1. The van der Waals surface area contributed by atoms with Crippen LogP contribution in [0.5, 0.6) is 5.75 Å². The van der Waals surface area contributed by atoms with Crippen LogP contribution >= 0.6 is 0 Å². The second-order valence-corrected chi connectivity index (χ2v) is 4.28. The molecule has 0 atom stereocenters. The fourth-order valence-electron chi connectivity index (χ4n) is 1.92. The van der Waals surface area contributed by atoms with Crippen LogP contribution in [0, 0.1) is 13.8 Å². The number of rotatable bonds is 4. The Kier molecular flexibility index (Phi) is 3.90. The van der Waals surface area contributed by atoms with Crippen LogP contribution in [0.4, 0.5) is 0 Å². The lowest BCUT2D eigenvalue weighted by Crippen LogP contribution is -1.98. The molecule has 0 N–H and O–H groups in total. The molecule has 1 heterocycles. The number of carbonyl (C=O) groups is 1. The molecule has 2 rings (SSSR count). The van der Waals surface area contributed by atoms with E-state index in [4.69, 9.17) is 4.74 Å². The number of nitrogens with zero attached hydrogens (tertiary/aromatic N) is 2. The van der Waals surface area contributed by atoms with Crippen LogP contribution in [0.1, 0.15) is 28.8 Å². The van der Waals surface area contributed by atoms with Crippen LogP contribution in [-0.2, 0) is 0 Å². The highest BCUT2D eigenvalue weighted by atomic mass is 16.5. The molecule has 0 bridgehead atoms. The standard InChI is InChI=1S/C15H16N2O2/c1-4-19-14-6-5-12(7-10(14)2)13-8-11(3)16-15(9-18)17-13/h5-9H,4H2,1-3H3. The van der Waals surface area contributed by atoms with E-state index in [-0.39, 0.29) is 5.82 Å². The first kappa shape index (κ1) is 13.2. The lowest BCUT2D eigenvalue weighted by molar-refractivity contribution is 0.111. The first-order valence-corrected chi connectivity index (χ1v) is 6.18. The summed E-state index contributed by atoms with van der Waals surface area (Å²) in [6, 6.07) is 7.73. The number of hydrogen-bond donors (Lipinski definition) is 0. The summed E-state index contributed by atoms with van der Waals surface area (Å²) in [7, 11) is 0. The molecule has 0 aliphatic heterocycles. The topological polar surface area (TPSA) is 52.1 Å². The SMILES string of the molecule is CCOc1ccc(-c2cc(C)nc(C=O)n2)cc1C. The number of hydrogen-bond acceptors (Lipinski definition) is 4. The van der Waals surface area contributed by atoms with E-state index in [0.29, 0.717) is 12.9 Å². The van der Waals surface area contributed by atoms with Gasteiger partial charge in [-0.15, -0.1) is 0 Å². The Bertz CT molecular complexity index is 609. The molecular weight excluding hydrogens is 240 g/mol. The van der Waals surface area contributed by atoms with Gasteiger partial charge in [-0.1, -0.05) is 0 Å². The average molecular weight is 256 g/mol. The van der Waals surface area contributed by atoms with Crippen LogP contribution in [-0.4, -0.2) is 22.9 Å². The molecule has 0 aliphatic rings. The Morgan fingerprint density at radius 2 is 2.00 bits per heavy atom. The molecule has 0 unspecified atom stereocenters. The maximum Gasteiger partial charge on any atom is 0.193 e. The highest BCUT2D eigenvalue weighted by Crippen LogP contribution is 2.25. The van der Waals surface area contributed by atoms with Crippen molar-refractivity contribution in [3.63, 3.8) is 0 Å². The quantitative estimate of drug-likeness (QED) is 0.789. The van der Waals surface area contributed by atoms with Gasteiger partial charge in [-0.2, -0.15) is 0 Å². The first-order valence-electron chi connectivity index (χ1n) is 6.18. The van der Waals surface area contributed by atoms with Gasteiger partial charge in [-0.3, -0.25) is 4.79 Å². The van der Waals surface area contributed by atoms with Crippen LogP contribution in [0.25, 0.3) is 11.3 Å². The zero-order chi connectivity index (χ0) is 13.8. The van der Waals surface area contributed by atoms with E-state index in [0.717, 1.165) is 28.3 Å². The third kappa shape index (κ3) is 2.96. The van der Waals surface area contributed by atoms with Gasteiger partial charge in [-0.25, -0.2) is 9.97 Å². The normalized spacial score (nSPS) is 10.3. The van der Waals surface area contributed by atoms with Crippen molar-refractivity contribution < 1.29 is 9.53 Å². The number of ether oxygens (including phenoxy) is 1. The van der Waals surface area contributed by atoms with E-state index < -0.39 is 0 Å². The van der Waals surface area contributed by atoms with Gasteiger partial charge in [0.1, 0.15) is 5.75 Å². The maximum absolute atomic E-state index is 10.8. The molecule has 0 radical (unpaired) electrons. The summed E-state index contributed by atoms with van der Waals surface area (Å²) in [5.41, 5.74) is 3.53. The molecule has 0 saturated carbocycles. The number of aldehydes is 1. The van der Waals surface area contributed by atoms with Crippen molar-refractivity contribution in [2.45, 2.75) is 20.8 Å². The van der Waals surface area contributed by atoms with Crippen molar-refractivity contribution in [1.29, 1.82) is 0 Å². The Hall–Kier alpha value is -2.23.